The maximum Gasteiger partial charge on any atom is 0.208 e. The Balaban J connectivity index is 2.17. The molecule has 0 atom stereocenters. The van der Waals surface area contributed by atoms with Crippen molar-refractivity contribution in [3.63, 3.8) is 0 Å². The second-order valence-corrected chi connectivity index (χ2v) is 5.76. The van der Waals surface area contributed by atoms with Gasteiger partial charge in [0, 0.05) is 19.0 Å². The average molecular weight is 262 g/mol. The van der Waals surface area contributed by atoms with Crippen molar-refractivity contribution in [1.82, 2.24) is 10.2 Å². The summed E-state index contributed by atoms with van der Waals surface area (Å²) in [4.78, 5) is 2.93. The van der Waals surface area contributed by atoms with Crippen molar-refractivity contribution in [3.8, 4) is 6.07 Å². The molecule has 2 rings (SSSR count). The van der Waals surface area contributed by atoms with E-state index in [-0.39, 0.29) is 0 Å². The summed E-state index contributed by atoms with van der Waals surface area (Å²) in [5.74, 6) is 0. The van der Waals surface area contributed by atoms with Gasteiger partial charge in [0.05, 0.1) is 11.6 Å². The molecular weight excluding hydrogens is 252 g/mol. The van der Waals surface area contributed by atoms with E-state index in [0.29, 0.717) is 5.56 Å². The van der Waals surface area contributed by atoms with Crippen molar-refractivity contribution in [2.45, 2.75) is 9.24 Å². The lowest BCUT2D eigenvalue weighted by molar-refractivity contribution is 0.972. The highest BCUT2D eigenvalue weighted by atomic mass is 32.2. The van der Waals surface area contributed by atoms with E-state index in [1.807, 2.05) is 37.2 Å². The fourth-order valence-corrected chi connectivity index (χ4v) is 2.95. The van der Waals surface area contributed by atoms with Gasteiger partial charge in [-0.3, -0.25) is 0 Å². The topological polar surface area (TPSA) is 52.8 Å². The van der Waals surface area contributed by atoms with E-state index in [2.05, 4.69) is 16.3 Å². The zero-order valence-electron chi connectivity index (χ0n) is 9.41. The molecule has 0 unspecified atom stereocenters. The molecule has 0 saturated carbocycles. The van der Waals surface area contributed by atoms with Crippen LogP contribution in [0.4, 0.5) is 5.13 Å². The summed E-state index contributed by atoms with van der Waals surface area (Å²) in [5.41, 5.74) is 0.660. The van der Waals surface area contributed by atoms with Crippen LogP contribution in [0.2, 0.25) is 0 Å². The summed E-state index contributed by atoms with van der Waals surface area (Å²) in [5, 5.41) is 17.9. The monoisotopic (exact) mass is 262 g/mol. The van der Waals surface area contributed by atoms with E-state index in [4.69, 9.17) is 5.26 Å². The third-order valence-corrected chi connectivity index (χ3v) is 4.08. The van der Waals surface area contributed by atoms with E-state index in [9.17, 15) is 0 Å². The quantitative estimate of drug-likeness (QED) is 0.851. The molecule has 6 heteroatoms. The second-order valence-electron chi connectivity index (χ2n) is 3.49. The third kappa shape index (κ3) is 2.96. The molecule has 1 aromatic carbocycles. The molecule has 0 amide bonds. The number of nitriles is 1. The Kier molecular flexibility index (Phi) is 3.61. The van der Waals surface area contributed by atoms with Crippen LogP contribution in [0.1, 0.15) is 5.56 Å². The Hall–Kier alpha value is -1.58. The van der Waals surface area contributed by atoms with Gasteiger partial charge < -0.3 is 4.90 Å². The minimum atomic E-state index is 0.660. The van der Waals surface area contributed by atoms with Crippen molar-refractivity contribution in [3.05, 3.63) is 29.8 Å². The fraction of sp³-hybridized carbons (Fsp3) is 0.182. The molecule has 0 radical (unpaired) electrons. The van der Waals surface area contributed by atoms with Gasteiger partial charge >= 0.3 is 0 Å². The summed E-state index contributed by atoms with van der Waals surface area (Å²) in [6.07, 6.45) is 0. The van der Waals surface area contributed by atoms with Crippen LogP contribution in [0, 0.1) is 11.3 Å². The number of anilines is 1. The highest BCUT2D eigenvalue weighted by Crippen LogP contribution is 2.32. The first-order chi connectivity index (χ1) is 8.19. The van der Waals surface area contributed by atoms with Crippen molar-refractivity contribution in [2.75, 3.05) is 19.0 Å². The van der Waals surface area contributed by atoms with Crippen molar-refractivity contribution >= 4 is 28.2 Å². The number of hydrogen-bond donors (Lipinski definition) is 0. The molecule has 0 aliphatic heterocycles. The first-order valence-corrected chi connectivity index (χ1v) is 6.51. The van der Waals surface area contributed by atoms with E-state index >= 15 is 0 Å². The molecule has 1 aromatic heterocycles. The second kappa shape index (κ2) is 5.17. The fourth-order valence-electron chi connectivity index (χ4n) is 1.15. The van der Waals surface area contributed by atoms with Gasteiger partial charge in [0.15, 0.2) is 4.34 Å². The van der Waals surface area contributed by atoms with Gasteiger partial charge in [0.2, 0.25) is 5.13 Å². The summed E-state index contributed by atoms with van der Waals surface area (Å²) >= 11 is 3.06. The number of benzene rings is 1. The van der Waals surface area contributed by atoms with Crippen LogP contribution in [0.3, 0.4) is 0 Å². The number of rotatable bonds is 3. The molecule has 1 heterocycles. The number of hydrogen-bond acceptors (Lipinski definition) is 6. The van der Waals surface area contributed by atoms with E-state index < -0.39 is 0 Å². The van der Waals surface area contributed by atoms with Gasteiger partial charge in [-0.1, -0.05) is 29.2 Å². The van der Waals surface area contributed by atoms with Gasteiger partial charge in [-0.15, -0.1) is 10.2 Å². The molecule has 0 fully saturated rings. The smallest absolute Gasteiger partial charge is 0.208 e. The van der Waals surface area contributed by atoms with Gasteiger partial charge in [0.1, 0.15) is 0 Å². The van der Waals surface area contributed by atoms with Gasteiger partial charge in [-0.2, -0.15) is 5.26 Å². The predicted molar refractivity (Wildman–Crippen MR) is 69.5 cm³/mol. The first-order valence-electron chi connectivity index (χ1n) is 4.88. The lowest BCUT2D eigenvalue weighted by Gasteiger charge is -2.03. The summed E-state index contributed by atoms with van der Waals surface area (Å²) < 4.78 is 0.879. The highest BCUT2D eigenvalue weighted by Gasteiger charge is 2.07. The molecule has 2 aromatic rings. The normalized spacial score (nSPS) is 9.94. The third-order valence-electron chi connectivity index (χ3n) is 1.95. The predicted octanol–water partition coefficient (Wildman–Crippen LogP) is 2.63. The highest BCUT2D eigenvalue weighted by molar-refractivity contribution is 8.01. The van der Waals surface area contributed by atoms with Crippen LogP contribution in [0.25, 0.3) is 0 Å². The summed E-state index contributed by atoms with van der Waals surface area (Å²) in [6, 6.07) is 9.59. The van der Waals surface area contributed by atoms with Gasteiger partial charge in [0.25, 0.3) is 0 Å². The van der Waals surface area contributed by atoms with Crippen LogP contribution in [0.15, 0.2) is 33.5 Å². The van der Waals surface area contributed by atoms with Crippen molar-refractivity contribution in [2.24, 2.45) is 0 Å². The molecule has 0 N–H and O–H groups in total. The first kappa shape index (κ1) is 11.9. The number of nitrogens with zero attached hydrogens (tertiary/aromatic N) is 4. The maximum absolute atomic E-state index is 8.81. The van der Waals surface area contributed by atoms with Crippen LogP contribution < -0.4 is 4.90 Å². The van der Waals surface area contributed by atoms with E-state index in [1.54, 1.807) is 6.07 Å². The van der Waals surface area contributed by atoms with Crippen molar-refractivity contribution < 1.29 is 0 Å². The number of aromatic nitrogens is 2. The molecule has 0 spiro atoms. The molecule has 86 valence electrons. The molecular formula is C11H10N4S2. The van der Waals surface area contributed by atoms with Gasteiger partial charge in [-0.25, -0.2) is 0 Å². The van der Waals surface area contributed by atoms with E-state index in [1.165, 1.54) is 23.1 Å². The molecule has 17 heavy (non-hydrogen) atoms. The molecule has 0 bridgehead atoms. The zero-order valence-corrected chi connectivity index (χ0v) is 11.0. The van der Waals surface area contributed by atoms with Gasteiger partial charge in [-0.05, 0) is 18.2 Å². The van der Waals surface area contributed by atoms with Crippen LogP contribution in [0.5, 0.6) is 0 Å². The Labute approximate surface area is 108 Å². The molecule has 4 nitrogen and oxygen atoms in total. The van der Waals surface area contributed by atoms with Crippen LogP contribution >= 0.6 is 23.1 Å². The average Bonchev–Trinajstić information content (AvgIpc) is 2.78. The Morgan fingerprint density at radius 2 is 2.18 bits per heavy atom. The van der Waals surface area contributed by atoms with Crippen LogP contribution in [-0.4, -0.2) is 24.3 Å². The minimum absolute atomic E-state index is 0.660. The standard InChI is InChI=1S/C11H10N4S2/c1-15(2)10-13-14-11(17-10)16-9-5-3-4-8(6-9)7-12/h3-6H,1-2H3. The lowest BCUT2D eigenvalue weighted by Crippen LogP contribution is -2.07. The summed E-state index contributed by atoms with van der Waals surface area (Å²) in [6.45, 7) is 0. The summed E-state index contributed by atoms with van der Waals surface area (Å²) in [7, 11) is 3.87. The SMILES string of the molecule is CN(C)c1nnc(Sc2cccc(C#N)c2)s1. The zero-order chi connectivity index (χ0) is 12.3. The Morgan fingerprint density at radius 1 is 1.35 bits per heavy atom. The molecule has 0 aliphatic carbocycles. The molecule has 0 aliphatic rings. The Morgan fingerprint density at radius 3 is 2.82 bits per heavy atom. The van der Waals surface area contributed by atoms with Crippen LogP contribution in [-0.2, 0) is 0 Å². The Bertz CT molecular complexity index is 557. The molecule has 0 saturated heterocycles. The van der Waals surface area contributed by atoms with E-state index in [0.717, 1.165) is 14.4 Å². The maximum atomic E-state index is 8.81. The van der Waals surface area contributed by atoms with Crippen molar-refractivity contribution in [1.29, 1.82) is 5.26 Å². The largest absolute Gasteiger partial charge is 0.353 e. The minimum Gasteiger partial charge on any atom is -0.353 e. The lowest BCUT2D eigenvalue weighted by atomic mass is 10.2.